The quantitative estimate of drug-likeness (QED) is 0.746. The topological polar surface area (TPSA) is 105 Å². The van der Waals surface area contributed by atoms with E-state index in [2.05, 4.69) is 9.69 Å². The third kappa shape index (κ3) is 3.12. The summed E-state index contributed by atoms with van der Waals surface area (Å²) >= 11 is 0.963. The molecule has 1 aromatic carbocycles. The molecular formula is C13H13N3O3S. The van der Waals surface area contributed by atoms with Gasteiger partial charge in [0, 0.05) is 5.69 Å². The number of rotatable bonds is 4. The van der Waals surface area contributed by atoms with Gasteiger partial charge in [-0.1, -0.05) is 12.1 Å². The Morgan fingerprint density at radius 3 is 2.60 bits per heavy atom. The predicted molar refractivity (Wildman–Crippen MR) is 77.0 cm³/mol. The van der Waals surface area contributed by atoms with Crippen molar-refractivity contribution in [3.05, 3.63) is 41.1 Å². The molecule has 7 heteroatoms. The molecule has 0 saturated heterocycles. The Hall–Kier alpha value is -2.41. The van der Waals surface area contributed by atoms with Crippen LogP contribution in [-0.2, 0) is 11.2 Å². The van der Waals surface area contributed by atoms with E-state index in [0.29, 0.717) is 11.4 Å². The Bertz CT molecular complexity index is 649. The van der Waals surface area contributed by atoms with Gasteiger partial charge in [0.2, 0.25) is 5.91 Å². The van der Waals surface area contributed by atoms with Crippen molar-refractivity contribution in [2.75, 3.05) is 11.1 Å². The first-order valence-corrected chi connectivity index (χ1v) is 6.58. The van der Waals surface area contributed by atoms with E-state index in [9.17, 15) is 9.59 Å². The maximum atomic E-state index is 11.9. The minimum Gasteiger partial charge on any atom is -0.478 e. The summed E-state index contributed by atoms with van der Waals surface area (Å²) in [6.07, 6.45) is 0.149. The van der Waals surface area contributed by atoms with Crippen LogP contribution >= 0.6 is 11.5 Å². The lowest BCUT2D eigenvalue weighted by Gasteiger charge is -2.04. The number of benzene rings is 1. The van der Waals surface area contributed by atoms with Crippen LogP contribution in [0.25, 0.3) is 0 Å². The number of carboxylic acid groups (broad SMARTS) is 1. The van der Waals surface area contributed by atoms with Gasteiger partial charge in [0.25, 0.3) is 0 Å². The standard InChI is InChI=1S/C13H13N3O3S/c1-7-11(13(18)19)12(20-16-7)15-10(17)6-8-2-4-9(14)5-3-8/h2-5H,6,14H2,1H3,(H,15,17)(H,18,19). The molecular weight excluding hydrogens is 278 g/mol. The summed E-state index contributed by atoms with van der Waals surface area (Å²) in [7, 11) is 0. The highest BCUT2D eigenvalue weighted by Gasteiger charge is 2.19. The largest absolute Gasteiger partial charge is 0.478 e. The van der Waals surface area contributed by atoms with Crippen molar-refractivity contribution in [1.29, 1.82) is 0 Å². The van der Waals surface area contributed by atoms with E-state index >= 15 is 0 Å². The van der Waals surface area contributed by atoms with Gasteiger partial charge in [-0.2, -0.15) is 4.37 Å². The zero-order chi connectivity index (χ0) is 14.7. The third-order valence-electron chi connectivity index (χ3n) is 2.67. The SMILES string of the molecule is Cc1nsc(NC(=O)Cc2ccc(N)cc2)c1C(=O)O. The van der Waals surface area contributed by atoms with E-state index in [1.165, 1.54) is 0 Å². The Morgan fingerprint density at radius 1 is 1.35 bits per heavy atom. The molecule has 104 valence electrons. The van der Waals surface area contributed by atoms with Crippen LogP contribution in [0.3, 0.4) is 0 Å². The van der Waals surface area contributed by atoms with Gasteiger partial charge in [0.15, 0.2) is 0 Å². The lowest BCUT2D eigenvalue weighted by atomic mass is 10.1. The number of carbonyl (C=O) groups excluding carboxylic acids is 1. The van der Waals surface area contributed by atoms with Crippen molar-refractivity contribution >= 4 is 34.1 Å². The molecule has 0 unspecified atom stereocenters. The molecule has 0 saturated carbocycles. The molecule has 20 heavy (non-hydrogen) atoms. The number of aromatic nitrogens is 1. The van der Waals surface area contributed by atoms with Gasteiger partial charge >= 0.3 is 5.97 Å². The summed E-state index contributed by atoms with van der Waals surface area (Å²) in [5.74, 6) is -1.39. The molecule has 0 spiro atoms. The highest BCUT2D eigenvalue weighted by atomic mass is 32.1. The molecule has 2 aromatic rings. The molecule has 6 nitrogen and oxygen atoms in total. The Balaban J connectivity index is 2.09. The average molecular weight is 291 g/mol. The fraction of sp³-hybridized carbons (Fsp3) is 0.154. The minimum absolute atomic E-state index is 0.0423. The van der Waals surface area contributed by atoms with E-state index in [1.807, 2.05) is 0 Å². The maximum Gasteiger partial charge on any atom is 0.340 e. The van der Waals surface area contributed by atoms with E-state index < -0.39 is 5.97 Å². The number of anilines is 2. The smallest absolute Gasteiger partial charge is 0.340 e. The van der Waals surface area contributed by atoms with Crippen molar-refractivity contribution in [3.8, 4) is 0 Å². The zero-order valence-electron chi connectivity index (χ0n) is 10.7. The van der Waals surface area contributed by atoms with Gasteiger partial charge in [-0.15, -0.1) is 0 Å². The van der Waals surface area contributed by atoms with Gasteiger partial charge in [0.05, 0.1) is 12.1 Å². The van der Waals surface area contributed by atoms with Gasteiger partial charge in [-0.05, 0) is 36.2 Å². The first-order valence-electron chi connectivity index (χ1n) is 5.81. The fourth-order valence-corrected chi connectivity index (χ4v) is 2.50. The van der Waals surface area contributed by atoms with Crippen molar-refractivity contribution in [1.82, 2.24) is 4.37 Å². The average Bonchev–Trinajstić information content (AvgIpc) is 2.73. The molecule has 1 amide bonds. The zero-order valence-corrected chi connectivity index (χ0v) is 11.5. The number of carboxylic acids is 1. The van der Waals surface area contributed by atoms with Crippen LogP contribution < -0.4 is 11.1 Å². The van der Waals surface area contributed by atoms with Crippen LogP contribution in [0.15, 0.2) is 24.3 Å². The Kier molecular flexibility index (Phi) is 3.99. The van der Waals surface area contributed by atoms with Gasteiger partial charge in [0.1, 0.15) is 10.6 Å². The number of hydrogen-bond donors (Lipinski definition) is 3. The number of nitrogens with two attached hydrogens (primary N) is 1. The Morgan fingerprint density at radius 2 is 2.00 bits per heavy atom. The van der Waals surface area contributed by atoms with Crippen molar-refractivity contribution in [2.24, 2.45) is 0 Å². The Labute approximate surface area is 119 Å². The van der Waals surface area contributed by atoms with Crippen LogP contribution in [0.2, 0.25) is 0 Å². The molecule has 4 N–H and O–H groups in total. The van der Waals surface area contributed by atoms with Crippen LogP contribution in [0.5, 0.6) is 0 Å². The highest BCUT2D eigenvalue weighted by Crippen LogP contribution is 2.24. The minimum atomic E-state index is -1.10. The molecule has 1 heterocycles. The molecule has 0 bridgehead atoms. The van der Waals surface area contributed by atoms with Gasteiger partial charge in [-0.25, -0.2) is 4.79 Å². The summed E-state index contributed by atoms with van der Waals surface area (Å²) < 4.78 is 3.94. The van der Waals surface area contributed by atoms with Crippen LogP contribution in [0.1, 0.15) is 21.6 Å². The predicted octanol–water partition coefficient (Wildman–Crippen LogP) is 1.91. The number of nitrogens with zero attached hydrogens (tertiary/aromatic N) is 1. The molecule has 2 rings (SSSR count). The van der Waals surface area contributed by atoms with Crippen molar-refractivity contribution < 1.29 is 14.7 Å². The number of aromatic carboxylic acids is 1. The first-order chi connectivity index (χ1) is 9.47. The van der Waals surface area contributed by atoms with Crippen molar-refractivity contribution in [2.45, 2.75) is 13.3 Å². The molecule has 0 atom stereocenters. The second-order valence-corrected chi connectivity index (χ2v) is 5.02. The normalized spacial score (nSPS) is 10.2. The van der Waals surface area contributed by atoms with E-state index in [1.54, 1.807) is 31.2 Å². The van der Waals surface area contributed by atoms with Crippen molar-refractivity contribution in [3.63, 3.8) is 0 Å². The van der Waals surface area contributed by atoms with E-state index in [-0.39, 0.29) is 22.9 Å². The summed E-state index contributed by atoms with van der Waals surface area (Å²) in [5.41, 5.74) is 7.43. The van der Waals surface area contributed by atoms with Crippen LogP contribution in [0.4, 0.5) is 10.7 Å². The lowest BCUT2D eigenvalue weighted by Crippen LogP contribution is -2.15. The molecule has 1 aromatic heterocycles. The molecule has 0 fully saturated rings. The molecule has 0 aliphatic carbocycles. The van der Waals surface area contributed by atoms with E-state index in [4.69, 9.17) is 10.8 Å². The lowest BCUT2D eigenvalue weighted by molar-refractivity contribution is -0.115. The number of nitrogen functional groups attached to an aromatic ring is 1. The fourth-order valence-electron chi connectivity index (χ4n) is 1.70. The maximum absolute atomic E-state index is 11.9. The molecule has 0 aliphatic heterocycles. The first kappa shape index (κ1) is 14.0. The van der Waals surface area contributed by atoms with Gasteiger partial charge in [-0.3, -0.25) is 4.79 Å². The number of amides is 1. The number of hydrogen-bond acceptors (Lipinski definition) is 5. The van der Waals surface area contributed by atoms with E-state index in [0.717, 1.165) is 17.1 Å². The number of nitrogens with one attached hydrogen (secondary N) is 1. The summed E-state index contributed by atoms with van der Waals surface area (Å²) in [6.45, 7) is 1.59. The number of aryl methyl sites for hydroxylation is 1. The number of carbonyl (C=O) groups is 2. The molecule has 0 radical (unpaired) electrons. The summed E-state index contributed by atoms with van der Waals surface area (Å²) in [6, 6.07) is 6.93. The highest BCUT2D eigenvalue weighted by molar-refractivity contribution is 7.11. The second kappa shape index (κ2) is 5.70. The van der Waals surface area contributed by atoms with Crippen LogP contribution in [-0.4, -0.2) is 21.4 Å². The monoisotopic (exact) mass is 291 g/mol. The molecule has 0 aliphatic rings. The second-order valence-electron chi connectivity index (χ2n) is 4.24. The summed E-state index contributed by atoms with van der Waals surface area (Å²) in [5, 5.41) is 11.9. The third-order valence-corrected chi connectivity index (χ3v) is 3.53. The van der Waals surface area contributed by atoms with Crippen LogP contribution in [0, 0.1) is 6.92 Å². The summed E-state index contributed by atoms with van der Waals surface area (Å²) in [4.78, 5) is 23.0. The van der Waals surface area contributed by atoms with Gasteiger partial charge < -0.3 is 16.2 Å².